The number of anilines is 1. The van der Waals surface area contributed by atoms with Gasteiger partial charge in [-0.15, -0.1) is 0 Å². The van der Waals surface area contributed by atoms with Crippen LogP contribution < -0.4 is 14.5 Å². The van der Waals surface area contributed by atoms with Crippen molar-refractivity contribution in [3.05, 3.63) is 58.1 Å². The lowest BCUT2D eigenvalue weighted by atomic mass is 10.2. The Labute approximate surface area is 147 Å². The zero-order valence-electron chi connectivity index (χ0n) is 13.2. The fourth-order valence-corrected chi connectivity index (χ4v) is 3.54. The van der Waals surface area contributed by atoms with E-state index in [1.165, 1.54) is 5.69 Å². The van der Waals surface area contributed by atoms with Crippen LogP contribution in [0.3, 0.4) is 0 Å². The van der Waals surface area contributed by atoms with Gasteiger partial charge in [0.15, 0.2) is 0 Å². The molecule has 1 aliphatic heterocycles. The van der Waals surface area contributed by atoms with Gasteiger partial charge in [0.05, 0.1) is 44.0 Å². The third-order valence-electron chi connectivity index (χ3n) is 4.35. The Balaban J connectivity index is 1.62. The van der Waals surface area contributed by atoms with Crippen molar-refractivity contribution in [1.29, 1.82) is 0 Å². The maximum atomic E-state index is 6.29. The van der Waals surface area contributed by atoms with Gasteiger partial charge in [0.1, 0.15) is 12.3 Å². The number of nitrogens with zero attached hydrogens (tertiary/aromatic N) is 1. The molecule has 0 bridgehead atoms. The zero-order valence-corrected chi connectivity index (χ0v) is 14.7. The summed E-state index contributed by atoms with van der Waals surface area (Å²) in [5.41, 5.74) is 2.34. The highest BCUT2D eigenvalue weighted by Gasteiger charge is 2.22. The molecule has 3 nitrogen and oxygen atoms in total. The summed E-state index contributed by atoms with van der Waals surface area (Å²) in [6.07, 6.45) is 0. The molecule has 1 fully saturated rings. The van der Waals surface area contributed by atoms with Gasteiger partial charge in [-0.2, -0.15) is 0 Å². The van der Waals surface area contributed by atoms with Crippen LogP contribution in [0.4, 0.5) is 5.69 Å². The van der Waals surface area contributed by atoms with Crippen molar-refractivity contribution in [2.75, 3.05) is 38.2 Å². The minimum Gasteiger partial charge on any atom is -0.495 e. The Morgan fingerprint density at radius 3 is 2.52 bits per heavy atom. The van der Waals surface area contributed by atoms with Gasteiger partial charge >= 0.3 is 0 Å². The largest absolute Gasteiger partial charge is 0.495 e. The maximum absolute atomic E-state index is 6.29. The van der Waals surface area contributed by atoms with Crippen molar-refractivity contribution in [3.8, 4) is 5.75 Å². The van der Waals surface area contributed by atoms with Gasteiger partial charge in [-0.25, -0.2) is 0 Å². The molecule has 3 rings (SSSR count). The van der Waals surface area contributed by atoms with E-state index in [4.69, 9.17) is 27.9 Å². The summed E-state index contributed by atoms with van der Waals surface area (Å²) in [6.45, 7) is 5.13. The second-order valence-electron chi connectivity index (χ2n) is 5.82. The van der Waals surface area contributed by atoms with Crippen molar-refractivity contribution in [2.45, 2.75) is 6.54 Å². The van der Waals surface area contributed by atoms with E-state index in [1.54, 1.807) is 12.0 Å². The molecule has 1 saturated heterocycles. The van der Waals surface area contributed by atoms with E-state index in [0.29, 0.717) is 5.02 Å². The normalized spacial score (nSPS) is 15.7. The molecular formula is C18H21Cl2N2O+. The van der Waals surface area contributed by atoms with Crippen LogP contribution in [-0.2, 0) is 6.54 Å². The molecular weight excluding hydrogens is 331 g/mol. The number of hydrogen-bond donors (Lipinski definition) is 1. The lowest BCUT2D eigenvalue weighted by molar-refractivity contribution is -0.914. The molecule has 0 aliphatic carbocycles. The quantitative estimate of drug-likeness (QED) is 0.911. The van der Waals surface area contributed by atoms with E-state index >= 15 is 0 Å². The van der Waals surface area contributed by atoms with Gasteiger partial charge < -0.3 is 14.5 Å². The number of hydrogen-bond acceptors (Lipinski definition) is 2. The Kier molecular flexibility index (Phi) is 5.31. The summed E-state index contributed by atoms with van der Waals surface area (Å²) in [5, 5.41) is 1.45. The molecule has 1 aliphatic rings. The molecule has 0 amide bonds. The second-order valence-corrected chi connectivity index (χ2v) is 6.67. The van der Waals surface area contributed by atoms with Crippen molar-refractivity contribution >= 4 is 28.9 Å². The average Bonchev–Trinajstić information content (AvgIpc) is 2.58. The lowest BCUT2D eigenvalue weighted by Gasteiger charge is -2.34. The van der Waals surface area contributed by atoms with Gasteiger partial charge in [0.25, 0.3) is 0 Å². The molecule has 1 N–H and O–H groups in total. The lowest BCUT2D eigenvalue weighted by Crippen LogP contribution is -3.13. The van der Waals surface area contributed by atoms with E-state index in [1.807, 2.05) is 30.3 Å². The SMILES string of the molecule is COc1ccccc1N1CC[NH+](Cc2ccc(Cl)cc2Cl)CC1. The van der Waals surface area contributed by atoms with E-state index in [2.05, 4.69) is 17.0 Å². The molecule has 23 heavy (non-hydrogen) atoms. The van der Waals surface area contributed by atoms with E-state index < -0.39 is 0 Å². The first-order valence-corrected chi connectivity index (χ1v) is 8.58. The van der Waals surface area contributed by atoms with Crippen LogP contribution >= 0.6 is 23.2 Å². The summed E-state index contributed by atoms with van der Waals surface area (Å²) in [7, 11) is 1.73. The minimum atomic E-state index is 0.690. The number of rotatable bonds is 4. The van der Waals surface area contributed by atoms with E-state index in [-0.39, 0.29) is 0 Å². The minimum absolute atomic E-state index is 0.690. The topological polar surface area (TPSA) is 16.9 Å². The van der Waals surface area contributed by atoms with E-state index in [0.717, 1.165) is 49.1 Å². The molecule has 0 unspecified atom stereocenters. The van der Waals surface area contributed by atoms with Crippen LogP contribution in [-0.4, -0.2) is 33.3 Å². The summed E-state index contributed by atoms with van der Waals surface area (Å²) in [6, 6.07) is 14.0. The molecule has 1 heterocycles. The molecule has 0 atom stereocenters. The van der Waals surface area contributed by atoms with Crippen LogP contribution in [0.5, 0.6) is 5.75 Å². The standard InChI is InChI=1S/C18H20Cl2N2O/c1-23-18-5-3-2-4-17(18)22-10-8-21(9-11-22)13-14-6-7-15(19)12-16(14)20/h2-7,12H,8-11,13H2,1H3/p+1. The first kappa shape index (κ1) is 16.4. The monoisotopic (exact) mass is 351 g/mol. The number of nitrogens with one attached hydrogen (secondary N) is 1. The fraction of sp³-hybridized carbons (Fsp3) is 0.333. The number of quaternary nitrogens is 1. The van der Waals surface area contributed by atoms with Gasteiger partial charge in [-0.1, -0.05) is 41.4 Å². The van der Waals surface area contributed by atoms with Crippen LogP contribution in [0.25, 0.3) is 0 Å². The number of para-hydroxylation sites is 2. The van der Waals surface area contributed by atoms with Gasteiger partial charge in [0, 0.05) is 10.6 Å². The molecule has 0 radical (unpaired) electrons. The first-order valence-electron chi connectivity index (χ1n) is 7.83. The van der Waals surface area contributed by atoms with Crippen LogP contribution in [0, 0.1) is 0 Å². The van der Waals surface area contributed by atoms with Crippen LogP contribution in [0.2, 0.25) is 10.0 Å². The molecule has 0 saturated carbocycles. The third kappa shape index (κ3) is 3.92. The number of halogens is 2. The number of piperazine rings is 1. The highest BCUT2D eigenvalue weighted by atomic mass is 35.5. The third-order valence-corrected chi connectivity index (χ3v) is 4.94. The predicted molar refractivity (Wildman–Crippen MR) is 96.1 cm³/mol. The van der Waals surface area contributed by atoms with Crippen LogP contribution in [0.15, 0.2) is 42.5 Å². The van der Waals surface area contributed by atoms with Gasteiger partial charge in [-0.3, -0.25) is 0 Å². The Morgan fingerprint density at radius 2 is 1.83 bits per heavy atom. The molecule has 2 aromatic rings. The van der Waals surface area contributed by atoms with E-state index in [9.17, 15) is 0 Å². The average molecular weight is 352 g/mol. The van der Waals surface area contributed by atoms with Crippen molar-refractivity contribution in [2.24, 2.45) is 0 Å². The van der Waals surface area contributed by atoms with Crippen molar-refractivity contribution in [3.63, 3.8) is 0 Å². The number of ether oxygens (including phenoxy) is 1. The zero-order chi connectivity index (χ0) is 16.2. The van der Waals surface area contributed by atoms with Gasteiger partial charge in [-0.05, 0) is 24.3 Å². The summed E-state index contributed by atoms with van der Waals surface area (Å²) < 4.78 is 5.47. The molecule has 122 valence electrons. The predicted octanol–water partition coefficient (Wildman–Crippen LogP) is 2.91. The molecule has 0 spiro atoms. The molecule has 2 aromatic carbocycles. The van der Waals surface area contributed by atoms with Crippen molar-refractivity contribution < 1.29 is 9.64 Å². The number of benzene rings is 2. The molecule has 5 heteroatoms. The highest BCUT2D eigenvalue weighted by molar-refractivity contribution is 6.35. The van der Waals surface area contributed by atoms with Crippen LogP contribution in [0.1, 0.15) is 5.56 Å². The summed E-state index contributed by atoms with van der Waals surface area (Å²) in [4.78, 5) is 3.94. The second kappa shape index (κ2) is 7.43. The van der Waals surface area contributed by atoms with Crippen molar-refractivity contribution in [1.82, 2.24) is 0 Å². The summed E-state index contributed by atoms with van der Waals surface area (Å²) in [5.74, 6) is 0.941. The summed E-state index contributed by atoms with van der Waals surface area (Å²) >= 11 is 12.3. The Bertz CT molecular complexity index is 670. The first-order chi connectivity index (χ1) is 11.2. The highest BCUT2D eigenvalue weighted by Crippen LogP contribution is 2.27. The fourth-order valence-electron chi connectivity index (χ4n) is 3.07. The Morgan fingerprint density at radius 1 is 1.09 bits per heavy atom. The number of methoxy groups -OCH3 is 1. The maximum Gasteiger partial charge on any atom is 0.142 e. The van der Waals surface area contributed by atoms with Gasteiger partial charge in [0.2, 0.25) is 0 Å². The molecule has 0 aromatic heterocycles. The Hall–Kier alpha value is -1.42. The smallest absolute Gasteiger partial charge is 0.142 e.